The lowest BCUT2D eigenvalue weighted by molar-refractivity contribution is 0.866. The van der Waals surface area contributed by atoms with Crippen LogP contribution in [0.25, 0.3) is 0 Å². The van der Waals surface area contributed by atoms with Crippen molar-refractivity contribution < 1.29 is 0 Å². The van der Waals surface area contributed by atoms with Gasteiger partial charge in [-0.25, -0.2) is 0 Å². The summed E-state index contributed by atoms with van der Waals surface area (Å²) in [6.45, 7) is 0.934. The molecule has 5 radical (unpaired) electrons. The molecule has 0 spiro atoms. The van der Waals surface area contributed by atoms with Gasteiger partial charge >= 0.3 is 0 Å². The van der Waals surface area contributed by atoms with Gasteiger partial charge in [0.25, 0.3) is 0 Å². The molecule has 1 saturated carbocycles. The van der Waals surface area contributed by atoms with Crippen molar-refractivity contribution in [3.63, 3.8) is 0 Å². The maximum atomic E-state index is 2.33. The van der Waals surface area contributed by atoms with E-state index in [4.69, 9.17) is 0 Å². The summed E-state index contributed by atoms with van der Waals surface area (Å²) >= 11 is 0. The minimum absolute atomic E-state index is 0.934. The average Bonchev–Trinajstić information content (AvgIpc) is 2.87. The zero-order valence-corrected chi connectivity index (χ0v) is 8.72. The first-order valence-electron chi connectivity index (χ1n) is 5.16. The Balaban J connectivity index is 1.93. The van der Waals surface area contributed by atoms with E-state index in [9.17, 15) is 0 Å². The quantitative estimate of drug-likeness (QED) is 0.681. The SMILES string of the molecule is CN1CN([C]2[CH][CH][CH][CH]2)c2ccccc21. The molecule has 0 saturated heterocycles. The molecule has 1 fully saturated rings. The number of benzene rings is 1. The van der Waals surface area contributed by atoms with Crippen LogP contribution in [0, 0.1) is 31.7 Å². The standard InChI is InChI=1S/C13H13N2/c1-14-10-15(11-6-2-3-7-11)13-9-5-4-8-12(13)14/h2-9H,10H2,1H3. The molecule has 1 aromatic carbocycles. The topological polar surface area (TPSA) is 6.48 Å². The third kappa shape index (κ3) is 1.39. The molecule has 0 atom stereocenters. The van der Waals surface area contributed by atoms with Gasteiger partial charge in [0.05, 0.1) is 24.1 Å². The van der Waals surface area contributed by atoms with E-state index in [0.29, 0.717) is 0 Å². The van der Waals surface area contributed by atoms with Crippen molar-refractivity contribution in [2.45, 2.75) is 0 Å². The number of fused-ring (bicyclic) bond motifs is 1. The molecule has 0 N–H and O–H groups in total. The summed E-state index contributed by atoms with van der Waals surface area (Å²) < 4.78 is 0. The monoisotopic (exact) mass is 197 g/mol. The first-order chi connectivity index (χ1) is 7.36. The van der Waals surface area contributed by atoms with Gasteiger partial charge in [0.1, 0.15) is 0 Å². The molecule has 75 valence electrons. The minimum atomic E-state index is 0.934. The predicted octanol–water partition coefficient (Wildman–Crippen LogP) is 2.26. The average molecular weight is 197 g/mol. The Kier molecular flexibility index (Phi) is 2.08. The number of nitrogens with zero attached hydrogens (tertiary/aromatic N) is 2. The number of hydrogen-bond acceptors (Lipinski definition) is 2. The lowest BCUT2D eigenvalue weighted by atomic mass is 10.2. The molecular weight excluding hydrogens is 184 g/mol. The lowest BCUT2D eigenvalue weighted by Crippen LogP contribution is -2.31. The minimum Gasteiger partial charge on any atom is -0.355 e. The largest absolute Gasteiger partial charge is 0.355 e. The van der Waals surface area contributed by atoms with E-state index in [2.05, 4.69) is 66.8 Å². The summed E-state index contributed by atoms with van der Waals surface area (Å²) in [5.41, 5.74) is 2.60. The van der Waals surface area contributed by atoms with Crippen molar-refractivity contribution in [1.82, 2.24) is 0 Å². The van der Waals surface area contributed by atoms with Gasteiger partial charge < -0.3 is 9.80 Å². The molecule has 2 aliphatic rings. The van der Waals surface area contributed by atoms with Gasteiger partial charge in [0, 0.05) is 7.05 Å². The Morgan fingerprint density at radius 3 is 2.40 bits per heavy atom. The molecular formula is C13H13N2. The van der Waals surface area contributed by atoms with E-state index in [1.165, 1.54) is 17.4 Å². The van der Waals surface area contributed by atoms with Crippen molar-refractivity contribution in [2.24, 2.45) is 0 Å². The van der Waals surface area contributed by atoms with Crippen molar-refractivity contribution in [1.29, 1.82) is 0 Å². The van der Waals surface area contributed by atoms with Crippen LogP contribution >= 0.6 is 0 Å². The van der Waals surface area contributed by atoms with Crippen LogP contribution in [0.3, 0.4) is 0 Å². The van der Waals surface area contributed by atoms with E-state index in [0.717, 1.165) is 6.67 Å². The number of hydrogen-bond donors (Lipinski definition) is 0. The third-order valence-corrected chi connectivity index (χ3v) is 2.89. The van der Waals surface area contributed by atoms with E-state index >= 15 is 0 Å². The van der Waals surface area contributed by atoms with Crippen LogP contribution in [-0.2, 0) is 0 Å². The molecule has 2 heteroatoms. The fraction of sp³-hybridized carbons (Fsp3) is 0.154. The summed E-state index contributed by atoms with van der Waals surface area (Å²) in [6.07, 6.45) is 8.46. The maximum absolute atomic E-state index is 2.33. The number of rotatable bonds is 1. The fourth-order valence-corrected chi connectivity index (χ4v) is 2.14. The molecule has 1 aromatic rings. The Bertz CT molecular complexity index is 355. The molecule has 15 heavy (non-hydrogen) atoms. The predicted molar refractivity (Wildman–Crippen MR) is 62.6 cm³/mol. The molecule has 0 amide bonds. The fourth-order valence-electron chi connectivity index (χ4n) is 2.14. The highest BCUT2D eigenvalue weighted by molar-refractivity contribution is 5.78. The van der Waals surface area contributed by atoms with Gasteiger partial charge in [-0.2, -0.15) is 0 Å². The molecule has 0 unspecified atom stereocenters. The molecule has 0 aromatic heterocycles. The van der Waals surface area contributed by atoms with Crippen LogP contribution in [0.5, 0.6) is 0 Å². The number of anilines is 2. The van der Waals surface area contributed by atoms with Gasteiger partial charge in [0.2, 0.25) is 0 Å². The second-order valence-electron chi connectivity index (χ2n) is 3.90. The third-order valence-electron chi connectivity index (χ3n) is 2.89. The highest BCUT2D eigenvalue weighted by atomic mass is 15.4. The van der Waals surface area contributed by atoms with Crippen LogP contribution in [-0.4, -0.2) is 13.7 Å². The van der Waals surface area contributed by atoms with Gasteiger partial charge in [-0.1, -0.05) is 12.1 Å². The highest BCUT2D eigenvalue weighted by Crippen LogP contribution is 2.41. The zero-order chi connectivity index (χ0) is 10.3. The van der Waals surface area contributed by atoms with Crippen LogP contribution < -0.4 is 9.80 Å². The van der Waals surface area contributed by atoms with E-state index in [-0.39, 0.29) is 0 Å². The number of para-hydroxylation sites is 2. The summed E-state index contributed by atoms with van der Waals surface area (Å²) in [4.78, 5) is 4.59. The first kappa shape index (κ1) is 9.08. The van der Waals surface area contributed by atoms with Crippen LogP contribution in [0.2, 0.25) is 0 Å². The van der Waals surface area contributed by atoms with Crippen molar-refractivity contribution >= 4 is 11.4 Å². The Morgan fingerprint density at radius 1 is 1.00 bits per heavy atom. The highest BCUT2D eigenvalue weighted by Gasteiger charge is 2.31. The molecule has 0 bridgehead atoms. The van der Waals surface area contributed by atoms with Gasteiger partial charge in [-0.05, 0) is 37.8 Å². The Hall–Kier alpha value is -1.18. The summed E-state index contributed by atoms with van der Waals surface area (Å²) in [7, 11) is 2.13. The van der Waals surface area contributed by atoms with Gasteiger partial charge in [-0.3, -0.25) is 0 Å². The van der Waals surface area contributed by atoms with Crippen molar-refractivity contribution in [3.8, 4) is 0 Å². The maximum Gasteiger partial charge on any atom is 0.0908 e. The molecule has 1 heterocycles. The summed E-state index contributed by atoms with van der Waals surface area (Å²) in [5.74, 6) is 0. The van der Waals surface area contributed by atoms with Crippen LogP contribution in [0.1, 0.15) is 0 Å². The second kappa shape index (κ2) is 3.44. The zero-order valence-electron chi connectivity index (χ0n) is 8.72. The van der Waals surface area contributed by atoms with Crippen molar-refractivity contribution in [2.75, 3.05) is 23.5 Å². The Labute approximate surface area is 91.5 Å². The van der Waals surface area contributed by atoms with E-state index < -0.39 is 0 Å². The molecule has 2 nitrogen and oxygen atoms in total. The smallest absolute Gasteiger partial charge is 0.0908 e. The van der Waals surface area contributed by atoms with E-state index in [1.54, 1.807) is 0 Å². The lowest BCUT2D eigenvalue weighted by Gasteiger charge is -2.24. The van der Waals surface area contributed by atoms with Crippen LogP contribution in [0.15, 0.2) is 24.3 Å². The van der Waals surface area contributed by atoms with Crippen molar-refractivity contribution in [3.05, 3.63) is 56.0 Å². The molecule has 1 aliphatic heterocycles. The summed E-state index contributed by atoms with van der Waals surface area (Å²) in [6, 6.07) is 9.79. The molecule has 1 aliphatic carbocycles. The van der Waals surface area contributed by atoms with Gasteiger partial charge in [0.15, 0.2) is 0 Å². The summed E-state index contributed by atoms with van der Waals surface area (Å²) in [5, 5.41) is 0. The Morgan fingerprint density at radius 2 is 1.67 bits per heavy atom. The van der Waals surface area contributed by atoms with Crippen LogP contribution in [0.4, 0.5) is 11.4 Å². The normalized spacial score (nSPS) is 21.1. The van der Waals surface area contributed by atoms with E-state index in [1.807, 2.05) is 0 Å². The van der Waals surface area contributed by atoms with Gasteiger partial charge in [-0.15, -0.1) is 0 Å². The molecule has 3 rings (SSSR count). The first-order valence-corrected chi connectivity index (χ1v) is 5.16. The second-order valence-corrected chi connectivity index (χ2v) is 3.90.